The molecule has 1 amide bonds. The Kier molecular flexibility index (Phi) is 2.67. The Morgan fingerprint density at radius 3 is 2.47 bits per heavy atom. The normalized spacial score (nSPS) is 13.5. The van der Waals surface area contributed by atoms with Crippen LogP contribution in [0.3, 0.4) is 0 Å². The van der Waals surface area contributed by atoms with Crippen LogP contribution < -0.4 is 10.1 Å². The van der Waals surface area contributed by atoms with Crippen molar-refractivity contribution in [2.45, 2.75) is 0 Å². The predicted octanol–water partition coefficient (Wildman–Crippen LogP) is 2.96. The third-order valence-corrected chi connectivity index (χ3v) is 2.81. The molecule has 0 unspecified atom stereocenters. The first kappa shape index (κ1) is 11.6. The van der Waals surface area contributed by atoms with Gasteiger partial charge in [-0.15, -0.1) is 0 Å². The molecule has 2 aromatic rings. The van der Waals surface area contributed by atoms with E-state index in [4.69, 9.17) is 4.74 Å². The number of halogens is 2. The summed E-state index contributed by atoms with van der Waals surface area (Å²) < 4.78 is 31.6. The zero-order valence-corrected chi connectivity index (χ0v) is 9.74. The smallest absolute Gasteiger partial charge is 0.262 e. The average Bonchev–Trinajstić information content (AvgIpc) is 2.36. The molecule has 3 nitrogen and oxygen atoms in total. The van der Waals surface area contributed by atoms with Gasteiger partial charge in [0.15, 0.2) is 6.61 Å². The highest BCUT2D eigenvalue weighted by Crippen LogP contribution is 2.33. The Balaban J connectivity index is 2.06. The maximum absolute atomic E-state index is 13.2. The second-order valence-electron chi connectivity index (χ2n) is 4.21. The fourth-order valence-electron chi connectivity index (χ4n) is 1.98. The lowest BCUT2D eigenvalue weighted by Gasteiger charge is -2.18. The van der Waals surface area contributed by atoms with Crippen molar-refractivity contribution in [3.05, 3.63) is 48.0 Å². The van der Waals surface area contributed by atoms with Crippen LogP contribution in [-0.2, 0) is 4.79 Å². The molecule has 3 rings (SSSR count). The van der Waals surface area contributed by atoms with E-state index in [0.29, 0.717) is 22.6 Å². The zero-order chi connectivity index (χ0) is 13.4. The summed E-state index contributed by atoms with van der Waals surface area (Å²) in [5.74, 6) is -1.00. The van der Waals surface area contributed by atoms with Gasteiger partial charge in [-0.2, -0.15) is 0 Å². The number of amides is 1. The van der Waals surface area contributed by atoms with E-state index in [1.807, 2.05) is 0 Å². The highest BCUT2D eigenvalue weighted by atomic mass is 19.1. The van der Waals surface area contributed by atoms with Gasteiger partial charge in [-0.1, -0.05) is 6.07 Å². The van der Waals surface area contributed by atoms with Crippen LogP contribution in [0, 0.1) is 11.6 Å². The number of hydrogen-bond acceptors (Lipinski definition) is 2. The summed E-state index contributed by atoms with van der Waals surface area (Å²) in [6.45, 7) is -0.0268. The molecule has 0 aliphatic carbocycles. The first-order valence-corrected chi connectivity index (χ1v) is 5.65. The van der Waals surface area contributed by atoms with E-state index in [1.54, 1.807) is 18.2 Å². The fraction of sp³-hybridized carbons (Fsp3) is 0.0714. The monoisotopic (exact) mass is 261 g/mol. The number of fused-ring (bicyclic) bond motifs is 1. The van der Waals surface area contributed by atoms with E-state index in [9.17, 15) is 13.6 Å². The molecule has 5 heteroatoms. The molecule has 0 saturated heterocycles. The third-order valence-electron chi connectivity index (χ3n) is 2.81. The summed E-state index contributed by atoms with van der Waals surface area (Å²) in [4.78, 5) is 11.2. The van der Waals surface area contributed by atoms with E-state index in [1.165, 1.54) is 12.1 Å². The number of nitrogens with one attached hydrogen (secondary N) is 1. The lowest BCUT2D eigenvalue weighted by Crippen LogP contribution is -2.25. The number of carbonyl (C=O) groups excluding carboxylic acids is 1. The standard InChI is InChI=1S/C14H9F2NO2/c15-10-3-9(4-11(16)6-10)8-1-2-13-12(5-8)17-14(18)7-19-13/h1-6H,7H2,(H,17,18). The molecule has 0 saturated carbocycles. The average molecular weight is 261 g/mol. The fourth-order valence-corrected chi connectivity index (χ4v) is 1.98. The molecule has 2 aromatic carbocycles. The molecule has 0 bridgehead atoms. The van der Waals surface area contributed by atoms with E-state index >= 15 is 0 Å². The summed E-state index contributed by atoms with van der Waals surface area (Å²) in [6.07, 6.45) is 0. The highest BCUT2D eigenvalue weighted by Gasteiger charge is 2.16. The molecule has 0 atom stereocenters. The Morgan fingerprint density at radius 1 is 1.00 bits per heavy atom. The minimum atomic E-state index is -0.645. The third kappa shape index (κ3) is 2.27. The van der Waals surface area contributed by atoms with Gasteiger partial charge in [-0.25, -0.2) is 8.78 Å². The number of hydrogen-bond donors (Lipinski definition) is 1. The Hall–Kier alpha value is -2.43. The minimum Gasteiger partial charge on any atom is -0.482 e. The van der Waals surface area contributed by atoms with Crippen LogP contribution in [-0.4, -0.2) is 12.5 Å². The number of ether oxygens (including phenoxy) is 1. The molecule has 1 heterocycles. The van der Waals surface area contributed by atoms with Crippen molar-refractivity contribution in [2.24, 2.45) is 0 Å². The quantitative estimate of drug-likeness (QED) is 0.857. The van der Waals surface area contributed by atoms with Crippen molar-refractivity contribution < 1.29 is 18.3 Å². The minimum absolute atomic E-state index is 0.0268. The summed E-state index contributed by atoms with van der Waals surface area (Å²) in [5.41, 5.74) is 1.50. The van der Waals surface area contributed by atoms with Crippen molar-refractivity contribution >= 4 is 11.6 Å². The summed E-state index contributed by atoms with van der Waals surface area (Å²) in [5, 5.41) is 2.65. The Bertz CT molecular complexity index is 650. The first-order valence-electron chi connectivity index (χ1n) is 5.65. The molecule has 1 aliphatic heterocycles. The molecule has 0 spiro atoms. The number of rotatable bonds is 1. The lowest BCUT2D eigenvalue weighted by molar-refractivity contribution is -0.118. The van der Waals surface area contributed by atoms with Gasteiger partial charge in [-0.3, -0.25) is 4.79 Å². The maximum atomic E-state index is 13.2. The second kappa shape index (κ2) is 4.35. The highest BCUT2D eigenvalue weighted by molar-refractivity contribution is 5.96. The van der Waals surface area contributed by atoms with E-state index in [2.05, 4.69) is 5.32 Å². The number of carbonyl (C=O) groups is 1. The predicted molar refractivity (Wildman–Crippen MR) is 65.9 cm³/mol. The van der Waals surface area contributed by atoms with E-state index in [-0.39, 0.29) is 12.5 Å². The molecule has 1 N–H and O–H groups in total. The number of benzene rings is 2. The second-order valence-corrected chi connectivity index (χ2v) is 4.21. The van der Waals surface area contributed by atoms with Crippen LogP contribution in [0.25, 0.3) is 11.1 Å². The molecular formula is C14H9F2NO2. The molecule has 0 radical (unpaired) electrons. The van der Waals surface area contributed by atoms with Crippen LogP contribution in [0.4, 0.5) is 14.5 Å². The Morgan fingerprint density at radius 2 is 1.74 bits per heavy atom. The van der Waals surface area contributed by atoms with E-state index < -0.39 is 11.6 Å². The van der Waals surface area contributed by atoms with Crippen molar-refractivity contribution in [1.82, 2.24) is 0 Å². The van der Waals surface area contributed by atoms with Gasteiger partial charge < -0.3 is 10.1 Å². The largest absolute Gasteiger partial charge is 0.482 e. The first-order chi connectivity index (χ1) is 9.11. The SMILES string of the molecule is O=C1COc2ccc(-c3cc(F)cc(F)c3)cc2N1. The van der Waals surface area contributed by atoms with Crippen molar-refractivity contribution in [3.63, 3.8) is 0 Å². The van der Waals surface area contributed by atoms with Crippen LogP contribution in [0.1, 0.15) is 0 Å². The van der Waals surface area contributed by atoms with Crippen LogP contribution in [0.2, 0.25) is 0 Å². The lowest BCUT2D eigenvalue weighted by atomic mass is 10.0. The molecule has 1 aliphatic rings. The van der Waals surface area contributed by atoms with Gasteiger partial charge in [0, 0.05) is 6.07 Å². The maximum Gasteiger partial charge on any atom is 0.262 e. The van der Waals surface area contributed by atoms with Gasteiger partial charge in [0.05, 0.1) is 5.69 Å². The molecule has 0 aromatic heterocycles. The van der Waals surface area contributed by atoms with Crippen LogP contribution >= 0.6 is 0 Å². The molecule has 0 fully saturated rings. The van der Waals surface area contributed by atoms with Crippen LogP contribution in [0.15, 0.2) is 36.4 Å². The summed E-state index contributed by atoms with van der Waals surface area (Å²) in [7, 11) is 0. The van der Waals surface area contributed by atoms with Crippen molar-refractivity contribution in [1.29, 1.82) is 0 Å². The van der Waals surface area contributed by atoms with Crippen LogP contribution in [0.5, 0.6) is 5.75 Å². The van der Waals surface area contributed by atoms with Gasteiger partial charge in [0.25, 0.3) is 5.91 Å². The van der Waals surface area contributed by atoms with Crippen molar-refractivity contribution in [3.8, 4) is 16.9 Å². The van der Waals surface area contributed by atoms with Gasteiger partial charge in [0.1, 0.15) is 17.4 Å². The number of anilines is 1. The molecule has 96 valence electrons. The topological polar surface area (TPSA) is 38.3 Å². The zero-order valence-electron chi connectivity index (χ0n) is 9.74. The van der Waals surface area contributed by atoms with Gasteiger partial charge >= 0.3 is 0 Å². The van der Waals surface area contributed by atoms with E-state index in [0.717, 1.165) is 6.07 Å². The Labute approximate surface area is 107 Å². The summed E-state index contributed by atoms with van der Waals surface area (Å²) in [6, 6.07) is 8.25. The molecular weight excluding hydrogens is 252 g/mol. The van der Waals surface area contributed by atoms with Gasteiger partial charge in [-0.05, 0) is 35.4 Å². The summed E-state index contributed by atoms with van der Waals surface area (Å²) >= 11 is 0. The van der Waals surface area contributed by atoms with Crippen molar-refractivity contribution in [2.75, 3.05) is 11.9 Å². The van der Waals surface area contributed by atoms with Gasteiger partial charge in [0.2, 0.25) is 0 Å². The molecule has 19 heavy (non-hydrogen) atoms.